The van der Waals surface area contributed by atoms with Crippen LogP contribution in [0.1, 0.15) is 10.4 Å². The molecule has 0 atom stereocenters. The van der Waals surface area contributed by atoms with Gasteiger partial charge >= 0.3 is 0 Å². The van der Waals surface area contributed by atoms with Crippen molar-refractivity contribution in [1.82, 2.24) is 5.32 Å². The second kappa shape index (κ2) is 11.4. The van der Waals surface area contributed by atoms with Crippen molar-refractivity contribution in [3.05, 3.63) is 99.4 Å². The molecular formula is C26H19Br2N3O3S. The lowest BCUT2D eigenvalue weighted by atomic mass is 10.1. The minimum Gasteiger partial charge on any atom is -0.483 e. The van der Waals surface area contributed by atoms with Crippen LogP contribution in [0, 0.1) is 0 Å². The van der Waals surface area contributed by atoms with Gasteiger partial charge in [0.1, 0.15) is 5.75 Å². The smallest absolute Gasteiger partial charge is 0.264 e. The zero-order chi connectivity index (χ0) is 24.8. The van der Waals surface area contributed by atoms with E-state index >= 15 is 0 Å². The molecule has 0 aromatic heterocycles. The number of halogens is 2. The second-order valence-corrected chi connectivity index (χ2v) is 9.52. The number of para-hydroxylation sites is 2. The quantitative estimate of drug-likeness (QED) is 0.216. The third-order valence-electron chi connectivity index (χ3n) is 4.94. The normalized spacial score (nSPS) is 10.5. The van der Waals surface area contributed by atoms with Gasteiger partial charge in [0, 0.05) is 10.2 Å². The number of fused-ring (bicyclic) bond motifs is 1. The number of nitrogens with one attached hydrogen (secondary N) is 3. The summed E-state index contributed by atoms with van der Waals surface area (Å²) >= 11 is 12.3. The molecule has 0 unspecified atom stereocenters. The summed E-state index contributed by atoms with van der Waals surface area (Å²) in [6.07, 6.45) is 0. The van der Waals surface area contributed by atoms with Gasteiger partial charge in [-0.05, 0) is 81.4 Å². The highest BCUT2D eigenvalue weighted by atomic mass is 79.9. The number of rotatable bonds is 6. The first kappa shape index (κ1) is 24.8. The van der Waals surface area contributed by atoms with E-state index in [1.165, 1.54) is 0 Å². The molecule has 0 aliphatic carbocycles. The van der Waals surface area contributed by atoms with Gasteiger partial charge in [-0.3, -0.25) is 14.9 Å². The molecule has 0 spiro atoms. The van der Waals surface area contributed by atoms with Gasteiger partial charge in [0.25, 0.3) is 11.8 Å². The molecule has 6 nitrogen and oxygen atoms in total. The predicted molar refractivity (Wildman–Crippen MR) is 150 cm³/mol. The lowest BCUT2D eigenvalue weighted by molar-refractivity contribution is -0.121. The molecule has 4 aromatic rings. The van der Waals surface area contributed by atoms with Crippen LogP contribution in [0.3, 0.4) is 0 Å². The van der Waals surface area contributed by atoms with Crippen LogP contribution in [0.4, 0.5) is 11.4 Å². The Morgan fingerprint density at radius 2 is 1.60 bits per heavy atom. The van der Waals surface area contributed by atoms with E-state index in [1.807, 2.05) is 42.5 Å². The molecule has 0 fully saturated rings. The first-order valence-corrected chi connectivity index (χ1v) is 12.5. The summed E-state index contributed by atoms with van der Waals surface area (Å²) in [4.78, 5) is 25.2. The molecule has 0 heterocycles. The monoisotopic (exact) mass is 611 g/mol. The number of benzene rings is 4. The maximum atomic E-state index is 12.7. The van der Waals surface area contributed by atoms with E-state index in [2.05, 4.69) is 47.8 Å². The van der Waals surface area contributed by atoms with Crippen molar-refractivity contribution in [2.75, 3.05) is 17.2 Å². The minimum absolute atomic E-state index is 0.0565. The molecule has 35 heavy (non-hydrogen) atoms. The van der Waals surface area contributed by atoms with Crippen LogP contribution in [0.2, 0.25) is 0 Å². The molecule has 9 heteroatoms. The Morgan fingerprint density at radius 3 is 2.40 bits per heavy atom. The Morgan fingerprint density at radius 1 is 0.857 bits per heavy atom. The number of carbonyl (C=O) groups is 2. The third-order valence-corrected chi connectivity index (χ3v) is 6.46. The van der Waals surface area contributed by atoms with Gasteiger partial charge < -0.3 is 15.4 Å². The SMILES string of the molecule is O=C(COc1ccc2cc(Br)ccc2c1Br)NC(=S)Nc1ccccc1C(=O)Nc1ccccc1. The molecule has 0 bridgehead atoms. The number of ether oxygens (including phenoxy) is 1. The summed E-state index contributed by atoms with van der Waals surface area (Å²) in [6.45, 7) is -0.238. The number of anilines is 2. The van der Waals surface area contributed by atoms with Crippen LogP contribution in [-0.4, -0.2) is 23.5 Å². The van der Waals surface area contributed by atoms with E-state index < -0.39 is 5.91 Å². The largest absolute Gasteiger partial charge is 0.483 e. The standard InChI is InChI=1S/C26H19Br2N3O3S/c27-17-11-12-19-16(14-17)10-13-22(24(19)28)34-15-23(32)31-26(35)30-21-9-5-4-8-20(21)25(33)29-18-6-2-1-3-7-18/h1-14H,15H2,(H,29,33)(H2,30,31,32,35). The van der Waals surface area contributed by atoms with E-state index in [0.717, 1.165) is 19.7 Å². The summed E-state index contributed by atoms with van der Waals surface area (Å²) in [5.41, 5.74) is 1.53. The number of hydrogen-bond acceptors (Lipinski definition) is 4. The summed E-state index contributed by atoms with van der Waals surface area (Å²) in [6, 6.07) is 25.6. The molecular weight excluding hydrogens is 594 g/mol. The predicted octanol–water partition coefficient (Wildman–Crippen LogP) is 6.51. The molecule has 0 aliphatic heterocycles. The summed E-state index contributed by atoms with van der Waals surface area (Å²) in [5, 5.41) is 10.4. The van der Waals surface area contributed by atoms with Crippen LogP contribution in [-0.2, 0) is 4.79 Å². The van der Waals surface area contributed by atoms with Crippen LogP contribution < -0.4 is 20.7 Å². The van der Waals surface area contributed by atoms with Crippen molar-refractivity contribution in [3.63, 3.8) is 0 Å². The van der Waals surface area contributed by atoms with Crippen molar-refractivity contribution < 1.29 is 14.3 Å². The maximum Gasteiger partial charge on any atom is 0.264 e. The van der Waals surface area contributed by atoms with Gasteiger partial charge in [0.2, 0.25) is 0 Å². The Bertz CT molecular complexity index is 1410. The Hall–Kier alpha value is -3.27. The molecule has 0 radical (unpaired) electrons. The second-order valence-electron chi connectivity index (χ2n) is 7.40. The van der Waals surface area contributed by atoms with Gasteiger partial charge in [-0.25, -0.2) is 0 Å². The molecule has 0 saturated carbocycles. The van der Waals surface area contributed by atoms with Gasteiger partial charge in [0.05, 0.1) is 15.7 Å². The van der Waals surface area contributed by atoms with Crippen molar-refractivity contribution in [1.29, 1.82) is 0 Å². The van der Waals surface area contributed by atoms with Gasteiger partial charge in [0.15, 0.2) is 11.7 Å². The van der Waals surface area contributed by atoms with Crippen LogP contribution in [0.25, 0.3) is 10.8 Å². The third kappa shape index (κ3) is 6.45. The van der Waals surface area contributed by atoms with Gasteiger partial charge in [-0.15, -0.1) is 0 Å². The zero-order valence-electron chi connectivity index (χ0n) is 18.2. The van der Waals surface area contributed by atoms with E-state index in [9.17, 15) is 9.59 Å². The topological polar surface area (TPSA) is 79.5 Å². The first-order valence-electron chi connectivity index (χ1n) is 10.5. The fourth-order valence-corrected chi connectivity index (χ4v) is 4.53. The molecule has 4 aromatic carbocycles. The Labute approximate surface area is 224 Å². The van der Waals surface area contributed by atoms with Crippen LogP contribution in [0.15, 0.2) is 93.9 Å². The van der Waals surface area contributed by atoms with E-state index in [-0.39, 0.29) is 17.6 Å². The number of thiocarbonyl (C=S) groups is 1. The summed E-state index contributed by atoms with van der Waals surface area (Å²) in [5.74, 6) is -0.196. The van der Waals surface area contributed by atoms with E-state index in [1.54, 1.807) is 42.5 Å². The van der Waals surface area contributed by atoms with Crippen molar-refractivity contribution in [2.45, 2.75) is 0 Å². The molecule has 176 valence electrons. The molecule has 4 rings (SSSR count). The molecule has 0 saturated heterocycles. The Kier molecular flexibility index (Phi) is 8.12. The lowest BCUT2D eigenvalue weighted by Gasteiger charge is -2.14. The fraction of sp³-hybridized carbons (Fsp3) is 0.0385. The van der Waals surface area contributed by atoms with E-state index in [4.69, 9.17) is 17.0 Å². The Balaban J connectivity index is 1.36. The van der Waals surface area contributed by atoms with Crippen molar-refractivity contribution >= 4 is 83.2 Å². The first-order chi connectivity index (χ1) is 16.9. The highest BCUT2D eigenvalue weighted by Crippen LogP contribution is 2.34. The average Bonchev–Trinajstić information content (AvgIpc) is 2.84. The highest BCUT2D eigenvalue weighted by molar-refractivity contribution is 9.11. The fourth-order valence-electron chi connectivity index (χ4n) is 3.32. The molecule has 3 N–H and O–H groups in total. The average molecular weight is 613 g/mol. The van der Waals surface area contributed by atoms with Gasteiger partial charge in [-0.2, -0.15) is 0 Å². The number of carbonyl (C=O) groups excluding carboxylic acids is 2. The molecule has 0 aliphatic rings. The van der Waals surface area contributed by atoms with Crippen molar-refractivity contribution in [2.24, 2.45) is 0 Å². The van der Waals surface area contributed by atoms with Crippen LogP contribution >= 0.6 is 44.1 Å². The number of hydrogen-bond donors (Lipinski definition) is 3. The number of amides is 2. The van der Waals surface area contributed by atoms with Crippen LogP contribution in [0.5, 0.6) is 5.75 Å². The zero-order valence-corrected chi connectivity index (χ0v) is 22.2. The van der Waals surface area contributed by atoms with Crippen molar-refractivity contribution in [3.8, 4) is 5.75 Å². The highest BCUT2D eigenvalue weighted by Gasteiger charge is 2.14. The minimum atomic E-state index is -0.434. The molecule has 2 amide bonds. The summed E-state index contributed by atoms with van der Waals surface area (Å²) < 4.78 is 7.43. The maximum absolute atomic E-state index is 12.7. The van der Waals surface area contributed by atoms with E-state index in [0.29, 0.717) is 22.7 Å². The van der Waals surface area contributed by atoms with Gasteiger partial charge in [-0.1, -0.05) is 58.4 Å². The summed E-state index contributed by atoms with van der Waals surface area (Å²) in [7, 11) is 0. The lowest BCUT2D eigenvalue weighted by Crippen LogP contribution is -2.37.